The average molecular weight is 221 g/mol. The Morgan fingerprint density at radius 2 is 1.43 bits per heavy atom. The van der Waals surface area contributed by atoms with E-state index in [2.05, 4.69) is 11.8 Å². The third-order valence-corrected chi connectivity index (χ3v) is 2.23. The van der Waals surface area contributed by atoms with Crippen LogP contribution in [0.1, 0.15) is 19.3 Å². The minimum atomic E-state index is 0. The molecule has 40 valence electrons. The van der Waals surface area contributed by atoms with Gasteiger partial charge in [0.2, 0.25) is 0 Å². The second kappa shape index (κ2) is 5.29. The molecule has 1 saturated heterocycles. The fraction of sp³-hybridized carbons (Fsp3) is 1.00. The van der Waals surface area contributed by atoms with Crippen LogP contribution in [0.15, 0.2) is 0 Å². The quantitative estimate of drug-likeness (QED) is 0.558. The molecule has 0 aromatic rings. The SMILES string of the molecule is C1CCSCC1.[Sn]. The fourth-order valence-corrected chi connectivity index (χ4v) is 1.71. The van der Waals surface area contributed by atoms with Gasteiger partial charge in [0.1, 0.15) is 0 Å². The molecule has 0 aromatic carbocycles. The van der Waals surface area contributed by atoms with Crippen LogP contribution in [-0.4, -0.2) is 35.4 Å². The Kier molecular flexibility index (Phi) is 6.16. The molecule has 1 aliphatic rings. The molecule has 0 aliphatic carbocycles. The average Bonchev–Trinajstić information content (AvgIpc) is 1.72. The van der Waals surface area contributed by atoms with Crippen LogP contribution in [0.5, 0.6) is 0 Å². The minimum Gasteiger partial charge on any atom is -0.162 e. The van der Waals surface area contributed by atoms with Crippen molar-refractivity contribution in [3.05, 3.63) is 0 Å². The zero-order valence-corrected chi connectivity index (χ0v) is 8.11. The first kappa shape index (κ1) is 8.15. The molecule has 2 heteroatoms. The van der Waals surface area contributed by atoms with Crippen LogP contribution in [0.3, 0.4) is 0 Å². The van der Waals surface area contributed by atoms with E-state index >= 15 is 0 Å². The number of rotatable bonds is 0. The van der Waals surface area contributed by atoms with Crippen LogP contribution in [0.2, 0.25) is 0 Å². The summed E-state index contributed by atoms with van der Waals surface area (Å²) < 4.78 is 0. The monoisotopic (exact) mass is 222 g/mol. The van der Waals surface area contributed by atoms with Crippen molar-refractivity contribution in [2.24, 2.45) is 0 Å². The molecular formula is C5H10SSn. The third kappa shape index (κ3) is 3.71. The maximum atomic E-state index is 2.09. The van der Waals surface area contributed by atoms with E-state index in [1.807, 2.05) is 0 Å². The van der Waals surface area contributed by atoms with Gasteiger partial charge in [-0.05, 0) is 24.3 Å². The first-order valence-electron chi connectivity index (χ1n) is 2.58. The summed E-state index contributed by atoms with van der Waals surface area (Å²) in [6.45, 7) is 0. The fourth-order valence-electron chi connectivity index (χ4n) is 0.687. The molecule has 0 aromatic heterocycles. The van der Waals surface area contributed by atoms with Gasteiger partial charge < -0.3 is 0 Å². The summed E-state index contributed by atoms with van der Waals surface area (Å²) in [5.74, 6) is 2.83. The number of thioether (sulfide) groups is 1. The van der Waals surface area contributed by atoms with E-state index in [0.29, 0.717) is 0 Å². The van der Waals surface area contributed by atoms with Gasteiger partial charge in [0.25, 0.3) is 0 Å². The molecule has 0 atom stereocenters. The first-order valence-corrected chi connectivity index (χ1v) is 3.73. The van der Waals surface area contributed by atoms with E-state index in [4.69, 9.17) is 0 Å². The molecular weight excluding hydrogens is 211 g/mol. The molecule has 0 unspecified atom stereocenters. The second-order valence-electron chi connectivity index (χ2n) is 1.67. The maximum Gasteiger partial charge on any atom is 0 e. The molecule has 0 N–H and O–H groups in total. The molecule has 1 fully saturated rings. The molecule has 0 spiro atoms. The zero-order valence-electron chi connectivity index (χ0n) is 4.44. The van der Waals surface area contributed by atoms with E-state index in [0.717, 1.165) is 0 Å². The van der Waals surface area contributed by atoms with Gasteiger partial charge in [0.15, 0.2) is 0 Å². The van der Waals surface area contributed by atoms with Crippen molar-refractivity contribution in [2.75, 3.05) is 11.5 Å². The molecule has 1 aliphatic heterocycles. The maximum absolute atomic E-state index is 2.09. The molecule has 7 heavy (non-hydrogen) atoms. The third-order valence-electron chi connectivity index (χ3n) is 1.08. The summed E-state index contributed by atoms with van der Waals surface area (Å²) >= 11 is 2.09. The molecule has 0 saturated carbocycles. The van der Waals surface area contributed by atoms with Crippen molar-refractivity contribution in [3.8, 4) is 0 Å². The van der Waals surface area contributed by atoms with E-state index in [9.17, 15) is 0 Å². The zero-order chi connectivity index (χ0) is 4.24. The summed E-state index contributed by atoms with van der Waals surface area (Å²) in [6, 6.07) is 0. The smallest absolute Gasteiger partial charge is 0 e. The van der Waals surface area contributed by atoms with Crippen molar-refractivity contribution >= 4 is 35.7 Å². The van der Waals surface area contributed by atoms with Crippen molar-refractivity contribution in [2.45, 2.75) is 19.3 Å². The molecule has 1 rings (SSSR count). The summed E-state index contributed by atoms with van der Waals surface area (Å²) in [6.07, 6.45) is 4.41. The van der Waals surface area contributed by atoms with Crippen LogP contribution in [0.25, 0.3) is 0 Å². The Hall–Kier alpha value is 1.15. The van der Waals surface area contributed by atoms with Crippen LogP contribution < -0.4 is 0 Å². The second-order valence-corrected chi connectivity index (χ2v) is 2.90. The van der Waals surface area contributed by atoms with Crippen LogP contribution in [-0.2, 0) is 0 Å². The van der Waals surface area contributed by atoms with Gasteiger partial charge in [-0.25, -0.2) is 0 Å². The normalized spacial score (nSPS) is 20.6. The van der Waals surface area contributed by atoms with E-state index in [1.54, 1.807) is 0 Å². The minimum absolute atomic E-state index is 0. The van der Waals surface area contributed by atoms with Crippen LogP contribution in [0, 0.1) is 0 Å². The van der Waals surface area contributed by atoms with E-state index in [1.165, 1.54) is 30.8 Å². The standard InChI is InChI=1S/C5H10S.Sn/c1-2-4-6-5-3-1;/h1-5H2;. The number of hydrogen-bond acceptors (Lipinski definition) is 1. The summed E-state index contributed by atoms with van der Waals surface area (Å²) in [4.78, 5) is 0. The summed E-state index contributed by atoms with van der Waals surface area (Å²) in [7, 11) is 0. The Balaban J connectivity index is 0.000000360. The Morgan fingerprint density at radius 1 is 0.857 bits per heavy atom. The molecule has 4 radical (unpaired) electrons. The molecule has 0 nitrogen and oxygen atoms in total. The molecule has 1 heterocycles. The van der Waals surface area contributed by atoms with Gasteiger partial charge in [0.05, 0.1) is 0 Å². The first-order chi connectivity index (χ1) is 3.00. The van der Waals surface area contributed by atoms with Crippen LogP contribution in [0.4, 0.5) is 0 Å². The van der Waals surface area contributed by atoms with E-state index < -0.39 is 0 Å². The predicted molar refractivity (Wildman–Crippen MR) is 36.9 cm³/mol. The van der Waals surface area contributed by atoms with Crippen molar-refractivity contribution in [3.63, 3.8) is 0 Å². The Labute approximate surface area is 66.4 Å². The van der Waals surface area contributed by atoms with Crippen molar-refractivity contribution < 1.29 is 0 Å². The molecule has 0 amide bonds. The molecule has 0 bridgehead atoms. The van der Waals surface area contributed by atoms with Gasteiger partial charge in [-0.15, -0.1) is 0 Å². The summed E-state index contributed by atoms with van der Waals surface area (Å²) in [5.41, 5.74) is 0. The largest absolute Gasteiger partial charge is 0.162 e. The number of hydrogen-bond donors (Lipinski definition) is 0. The van der Waals surface area contributed by atoms with Crippen LogP contribution >= 0.6 is 11.8 Å². The van der Waals surface area contributed by atoms with Gasteiger partial charge in [-0.3, -0.25) is 0 Å². The van der Waals surface area contributed by atoms with Crippen molar-refractivity contribution in [1.82, 2.24) is 0 Å². The summed E-state index contributed by atoms with van der Waals surface area (Å²) in [5, 5.41) is 0. The van der Waals surface area contributed by atoms with Gasteiger partial charge in [0, 0.05) is 23.9 Å². The van der Waals surface area contributed by atoms with Gasteiger partial charge in [-0.2, -0.15) is 11.8 Å². The Bertz CT molecular complexity index is 23.6. The Morgan fingerprint density at radius 3 is 1.57 bits per heavy atom. The topological polar surface area (TPSA) is 0 Å². The van der Waals surface area contributed by atoms with E-state index in [-0.39, 0.29) is 23.9 Å². The predicted octanol–water partition coefficient (Wildman–Crippen LogP) is 1.52. The van der Waals surface area contributed by atoms with Gasteiger partial charge >= 0.3 is 0 Å². The van der Waals surface area contributed by atoms with Gasteiger partial charge in [-0.1, -0.05) is 6.42 Å². The van der Waals surface area contributed by atoms with Crippen molar-refractivity contribution in [1.29, 1.82) is 0 Å².